The summed E-state index contributed by atoms with van der Waals surface area (Å²) in [6.45, 7) is 0. The first kappa shape index (κ1) is 18.1. The van der Waals surface area contributed by atoms with Gasteiger partial charge in [-0.3, -0.25) is 0 Å². The van der Waals surface area contributed by atoms with Crippen LogP contribution in [0.1, 0.15) is 0 Å². The van der Waals surface area contributed by atoms with Gasteiger partial charge in [0.2, 0.25) is 0 Å². The zero-order valence-corrected chi connectivity index (χ0v) is 22.4. The second-order valence-corrected chi connectivity index (χ2v) is 40.2. The van der Waals surface area contributed by atoms with Crippen LogP contribution in [0.4, 0.5) is 11.4 Å². The molecule has 0 saturated carbocycles. The molecule has 2 heterocycles. The second kappa shape index (κ2) is 5.83. The van der Waals surface area contributed by atoms with E-state index in [1.807, 2.05) is 0 Å². The van der Waals surface area contributed by atoms with Crippen molar-refractivity contribution in [1.82, 2.24) is 0 Å². The Balaban J connectivity index is 1.97. The van der Waals surface area contributed by atoms with Crippen molar-refractivity contribution in [2.45, 2.75) is 29.6 Å². The molecule has 4 nitrogen and oxygen atoms in total. The first-order valence-electron chi connectivity index (χ1n) is 8.72. The Morgan fingerprint density at radius 1 is 0.640 bits per heavy atom. The summed E-state index contributed by atoms with van der Waals surface area (Å²) in [5.74, 6) is 1.96. The summed E-state index contributed by atoms with van der Waals surface area (Å²) < 4.78 is 18.8. The fourth-order valence-corrected chi connectivity index (χ4v) is 30.7. The van der Waals surface area contributed by atoms with Gasteiger partial charge in [-0.05, 0) is 0 Å². The Labute approximate surface area is 160 Å². The summed E-state index contributed by atoms with van der Waals surface area (Å²) in [6, 6.07) is 16.9. The summed E-state index contributed by atoms with van der Waals surface area (Å²) in [5.41, 5.74) is 2.46. The van der Waals surface area contributed by atoms with E-state index in [1.165, 1.54) is 11.4 Å². The average molecular weight is 571 g/mol. The van der Waals surface area contributed by atoms with E-state index in [0.717, 1.165) is 11.5 Å². The first-order valence-corrected chi connectivity index (χ1v) is 29.9. The number of hydrogen-bond acceptors (Lipinski definition) is 4. The average Bonchev–Trinajstić information content (AvgIpc) is 2.99. The number of nitrogens with zero attached hydrogens (tertiary/aromatic N) is 2. The van der Waals surface area contributed by atoms with Gasteiger partial charge < -0.3 is 0 Å². The number of benzene rings is 2. The van der Waals surface area contributed by atoms with Crippen LogP contribution in [0.5, 0.6) is 11.5 Å². The minimum atomic E-state index is -2.58. The predicted molar refractivity (Wildman–Crippen MR) is 113 cm³/mol. The van der Waals surface area contributed by atoms with Gasteiger partial charge in [0.25, 0.3) is 0 Å². The van der Waals surface area contributed by atoms with E-state index in [0.29, 0.717) is 0 Å². The zero-order valence-electron chi connectivity index (χ0n) is 15.8. The van der Waals surface area contributed by atoms with Crippen LogP contribution in [-0.2, 0) is 0 Å². The molecule has 4 rings (SSSR count). The van der Waals surface area contributed by atoms with Crippen LogP contribution >= 0.6 is 8.02 Å². The summed E-state index contributed by atoms with van der Waals surface area (Å²) in [5, 5.41) is 0. The molecule has 0 N–H and O–H groups in total. The third kappa shape index (κ3) is 2.74. The molecule has 0 amide bonds. The SMILES string of the molecule is [CH3][Sn]([CH3])([CH3])[N]1c2ccccc2O[P+]12Oc1ccccc1[N]2[Sn]([CH3])([CH3])[CH3]. The fraction of sp³-hybridized carbons (Fsp3) is 0.333. The maximum absolute atomic E-state index is 6.76. The van der Waals surface area contributed by atoms with E-state index in [4.69, 9.17) is 9.05 Å². The predicted octanol–water partition coefficient (Wildman–Crippen LogP) is 6.13. The van der Waals surface area contributed by atoms with E-state index in [2.05, 4.69) is 84.0 Å². The summed E-state index contributed by atoms with van der Waals surface area (Å²) >= 11 is -5.17. The van der Waals surface area contributed by atoms with Crippen LogP contribution in [0.3, 0.4) is 0 Å². The molecule has 0 fully saturated rings. The van der Waals surface area contributed by atoms with E-state index in [-0.39, 0.29) is 0 Å². The van der Waals surface area contributed by atoms with Gasteiger partial charge >= 0.3 is 161 Å². The second-order valence-electron chi connectivity index (χ2n) is 8.57. The number of fused-ring (bicyclic) bond motifs is 2. The molecule has 0 bridgehead atoms. The van der Waals surface area contributed by atoms with Crippen LogP contribution in [0.2, 0.25) is 29.6 Å². The van der Waals surface area contributed by atoms with Crippen molar-refractivity contribution in [3.8, 4) is 11.5 Å². The summed E-state index contributed by atoms with van der Waals surface area (Å²) in [7, 11) is -2.37. The Hall–Kier alpha value is -0.333. The van der Waals surface area contributed by atoms with Crippen LogP contribution in [0.25, 0.3) is 0 Å². The van der Waals surface area contributed by atoms with Crippen molar-refractivity contribution < 1.29 is 9.05 Å². The van der Waals surface area contributed by atoms with Gasteiger partial charge in [0, 0.05) is 0 Å². The number of anilines is 2. The fourth-order valence-electron chi connectivity index (χ4n) is 3.70. The molecular formula is C18H26N2O2PSn2+. The maximum atomic E-state index is 6.76. The molecule has 0 atom stereocenters. The minimum absolute atomic E-state index is 0.982. The van der Waals surface area contributed by atoms with Gasteiger partial charge in [0.1, 0.15) is 0 Å². The molecule has 132 valence electrons. The van der Waals surface area contributed by atoms with E-state index < -0.39 is 45.3 Å². The molecule has 2 aromatic carbocycles. The molecule has 0 saturated heterocycles. The number of rotatable bonds is 2. The van der Waals surface area contributed by atoms with Crippen molar-refractivity contribution in [3.63, 3.8) is 0 Å². The molecule has 7 heteroatoms. The Kier molecular flexibility index (Phi) is 4.21. The Bertz CT molecular complexity index is 763. The van der Waals surface area contributed by atoms with Crippen molar-refractivity contribution in [2.24, 2.45) is 0 Å². The van der Waals surface area contributed by atoms with Crippen molar-refractivity contribution in [2.75, 3.05) is 5.78 Å². The molecule has 0 aromatic heterocycles. The first-order chi connectivity index (χ1) is 11.6. The van der Waals surface area contributed by atoms with Gasteiger partial charge in [-0.1, -0.05) is 0 Å². The third-order valence-electron chi connectivity index (χ3n) is 4.40. The summed E-state index contributed by atoms with van der Waals surface area (Å²) in [4.78, 5) is 14.7. The molecular weight excluding hydrogens is 545 g/mol. The van der Waals surface area contributed by atoms with Gasteiger partial charge in [0.05, 0.1) is 0 Å². The van der Waals surface area contributed by atoms with Crippen LogP contribution in [0, 0.1) is 0 Å². The zero-order chi connectivity index (χ0) is 18.0. The normalized spacial score (nSPS) is 18.0. The number of para-hydroxylation sites is 4. The van der Waals surface area contributed by atoms with Gasteiger partial charge in [-0.25, -0.2) is 0 Å². The molecule has 1 spiro atoms. The van der Waals surface area contributed by atoms with Crippen molar-refractivity contribution >= 4 is 56.7 Å². The topological polar surface area (TPSA) is 24.9 Å². The standard InChI is InChI=1S/C12H8N2O2P.6CH3.2Sn/c1-3-7-11-9(5-1)13-17(15-11)14-10-6-2-4-8-12(10)16-17;;;;;;;;/h1-8H;6*1H3;;/q-1;;;;;;;2*+1. The monoisotopic (exact) mass is 573 g/mol. The van der Waals surface area contributed by atoms with E-state index in [1.54, 1.807) is 0 Å². The third-order valence-corrected chi connectivity index (χ3v) is 27.7. The van der Waals surface area contributed by atoms with E-state index >= 15 is 0 Å². The van der Waals surface area contributed by atoms with Crippen LogP contribution < -0.4 is 14.8 Å². The van der Waals surface area contributed by atoms with Crippen molar-refractivity contribution in [3.05, 3.63) is 48.5 Å². The molecule has 2 aliphatic rings. The van der Waals surface area contributed by atoms with Gasteiger partial charge in [-0.15, -0.1) is 0 Å². The molecule has 2 aromatic rings. The van der Waals surface area contributed by atoms with Crippen LogP contribution in [0.15, 0.2) is 48.5 Å². The Morgan fingerprint density at radius 3 is 1.36 bits per heavy atom. The Morgan fingerprint density at radius 2 is 1.00 bits per heavy atom. The van der Waals surface area contributed by atoms with Gasteiger partial charge in [0.15, 0.2) is 0 Å². The molecule has 2 aliphatic heterocycles. The van der Waals surface area contributed by atoms with Crippen LogP contribution in [-0.4, -0.2) is 37.3 Å². The quantitative estimate of drug-likeness (QED) is 0.320. The van der Waals surface area contributed by atoms with Gasteiger partial charge in [-0.2, -0.15) is 0 Å². The molecule has 0 aliphatic carbocycles. The van der Waals surface area contributed by atoms with Crippen molar-refractivity contribution in [1.29, 1.82) is 0 Å². The molecule has 25 heavy (non-hydrogen) atoms. The molecule has 0 radical (unpaired) electrons. The number of hydrogen-bond donors (Lipinski definition) is 0. The summed E-state index contributed by atoms with van der Waals surface area (Å²) in [6.07, 6.45) is 0. The van der Waals surface area contributed by atoms with E-state index in [9.17, 15) is 0 Å². The molecule has 0 unspecified atom stereocenters.